The second kappa shape index (κ2) is 5.84. The van der Waals surface area contributed by atoms with Crippen LogP contribution in [0.25, 0.3) is 0 Å². The zero-order valence-electron chi connectivity index (χ0n) is 10.8. The summed E-state index contributed by atoms with van der Waals surface area (Å²) in [6.45, 7) is 0. The molecule has 2 rings (SSSR count). The fraction of sp³-hybridized carbons (Fsp3) is 0.0769. The molecule has 0 heterocycles. The first-order valence-corrected chi connectivity index (χ1v) is 7.28. The Kier molecular flexibility index (Phi) is 4.27. The van der Waals surface area contributed by atoms with Crippen LogP contribution in [0, 0.1) is 5.82 Å². The maximum Gasteiger partial charge on any atom is 0.573 e. The molecule has 0 saturated heterocycles. The Labute approximate surface area is 123 Å². The molecule has 0 atom stereocenters. The molecule has 0 bridgehead atoms. The van der Waals surface area contributed by atoms with Crippen LogP contribution in [0.5, 0.6) is 5.75 Å². The van der Waals surface area contributed by atoms with Crippen molar-refractivity contribution in [3.05, 3.63) is 54.3 Å². The molecule has 0 saturated carbocycles. The molecular formula is C13H9F4NO3S. The van der Waals surface area contributed by atoms with E-state index in [2.05, 4.69) is 9.46 Å². The van der Waals surface area contributed by atoms with E-state index in [0.717, 1.165) is 36.4 Å². The molecule has 0 spiro atoms. The Morgan fingerprint density at radius 2 is 1.64 bits per heavy atom. The molecule has 0 aliphatic rings. The normalized spacial score (nSPS) is 12.0. The summed E-state index contributed by atoms with van der Waals surface area (Å²) in [6, 6.07) is 8.35. The maximum atomic E-state index is 12.8. The van der Waals surface area contributed by atoms with Crippen LogP contribution in [0.1, 0.15) is 0 Å². The topological polar surface area (TPSA) is 55.4 Å². The minimum absolute atomic E-state index is 0.119. The number of ether oxygens (including phenoxy) is 1. The SMILES string of the molecule is O=S(=O)(Nc1cccc(OC(F)(F)F)c1)c1ccc(F)cc1. The van der Waals surface area contributed by atoms with Gasteiger partial charge in [-0.2, -0.15) is 0 Å². The molecule has 0 aliphatic heterocycles. The van der Waals surface area contributed by atoms with E-state index in [0.29, 0.717) is 0 Å². The van der Waals surface area contributed by atoms with E-state index < -0.39 is 28.0 Å². The van der Waals surface area contributed by atoms with Crippen LogP contribution in [0.2, 0.25) is 0 Å². The predicted octanol–water partition coefficient (Wildman–Crippen LogP) is 3.53. The lowest BCUT2D eigenvalue weighted by Crippen LogP contribution is -2.17. The molecule has 0 radical (unpaired) electrons. The van der Waals surface area contributed by atoms with Crippen LogP contribution in [0.3, 0.4) is 0 Å². The Hall–Kier alpha value is -2.29. The van der Waals surface area contributed by atoms with Crippen molar-refractivity contribution in [1.29, 1.82) is 0 Å². The molecule has 0 unspecified atom stereocenters. The minimum Gasteiger partial charge on any atom is -0.406 e. The zero-order chi connectivity index (χ0) is 16.4. The second-order valence-corrected chi connectivity index (χ2v) is 5.82. The zero-order valence-corrected chi connectivity index (χ0v) is 11.6. The van der Waals surface area contributed by atoms with E-state index in [1.807, 2.05) is 0 Å². The van der Waals surface area contributed by atoms with E-state index in [9.17, 15) is 26.0 Å². The van der Waals surface area contributed by atoms with Gasteiger partial charge in [0.25, 0.3) is 10.0 Å². The molecule has 9 heteroatoms. The summed E-state index contributed by atoms with van der Waals surface area (Å²) < 4.78 is 78.9. The highest BCUT2D eigenvalue weighted by Gasteiger charge is 2.31. The highest BCUT2D eigenvalue weighted by Crippen LogP contribution is 2.26. The highest BCUT2D eigenvalue weighted by molar-refractivity contribution is 7.92. The first-order valence-electron chi connectivity index (χ1n) is 5.80. The van der Waals surface area contributed by atoms with Crippen LogP contribution in [-0.4, -0.2) is 14.8 Å². The Morgan fingerprint density at radius 1 is 1.00 bits per heavy atom. The number of alkyl halides is 3. The lowest BCUT2D eigenvalue weighted by molar-refractivity contribution is -0.274. The standard InChI is InChI=1S/C13H9F4NO3S/c14-9-4-6-12(7-5-9)22(19,20)18-10-2-1-3-11(8-10)21-13(15,16)17/h1-8,18H. The number of sulfonamides is 1. The van der Waals surface area contributed by atoms with Crippen molar-refractivity contribution in [2.24, 2.45) is 0 Å². The van der Waals surface area contributed by atoms with E-state index in [1.54, 1.807) is 0 Å². The smallest absolute Gasteiger partial charge is 0.406 e. The molecular weight excluding hydrogens is 326 g/mol. The van der Waals surface area contributed by atoms with Crippen molar-refractivity contribution in [2.45, 2.75) is 11.3 Å². The summed E-state index contributed by atoms with van der Waals surface area (Å²) >= 11 is 0. The van der Waals surface area contributed by atoms with Gasteiger partial charge in [-0.25, -0.2) is 12.8 Å². The van der Waals surface area contributed by atoms with Crippen molar-refractivity contribution < 1.29 is 30.7 Å². The van der Waals surface area contributed by atoms with Crippen molar-refractivity contribution in [3.63, 3.8) is 0 Å². The van der Waals surface area contributed by atoms with Gasteiger partial charge < -0.3 is 4.74 Å². The van der Waals surface area contributed by atoms with Gasteiger partial charge in [-0.15, -0.1) is 13.2 Å². The van der Waals surface area contributed by atoms with E-state index in [1.165, 1.54) is 12.1 Å². The first-order chi connectivity index (χ1) is 10.2. The van der Waals surface area contributed by atoms with Crippen LogP contribution in [0.4, 0.5) is 23.2 Å². The number of hydrogen-bond acceptors (Lipinski definition) is 3. The monoisotopic (exact) mass is 335 g/mol. The number of benzene rings is 2. The summed E-state index contributed by atoms with van der Waals surface area (Å²) in [5.41, 5.74) is -0.119. The molecule has 118 valence electrons. The third-order valence-corrected chi connectivity index (χ3v) is 3.84. The lowest BCUT2D eigenvalue weighted by atomic mass is 10.3. The lowest BCUT2D eigenvalue weighted by Gasteiger charge is -2.11. The summed E-state index contributed by atoms with van der Waals surface area (Å²) in [4.78, 5) is -0.226. The maximum absolute atomic E-state index is 12.8. The van der Waals surface area contributed by atoms with Crippen molar-refractivity contribution in [1.82, 2.24) is 0 Å². The summed E-state index contributed by atoms with van der Waals surface area (Å²) in [7, 11) is -4.04. The van der Waals surface area contributed by atoms with Crippen molar-refractivity contribution >= 4 is 15.7 Å². The van der Waals surface area contributed by atoms with E-state index in [-0.39, 0.29) is 10.6 Å². The Balaban J connectivity index is 2.23. The van der Waals surface area contributed by atoms with Gasteiger partial charge in [-0.05, 0) is 36.4 Å². The fourth-order valence-corrected chi connectivity index (χ4v) is 2.63. The van der Waals surface area contributed by atoms with Gasteiger partial charge in [-0.3, -0.25) is 4.72 Å². The number of halogens is 4. The van der Waals surface area contributed by atoms with E-state index in [4.69, 9.17) is 0 Å². The predicted molar refractivity (Wildman–Crippen MR) is 70.3 cm³/mol. The summed E-state index contributed by atoms with van der Waals surface area (Å²) in [6.07, 6.45) is -4.88. The average molecular weight is 335 g/mol. The third kappa shape index (κ3) is 4.35. The van der Waals surface area contributed by atoms with Gasteiger partial charge in [0, 0.05) is 6.07 Å². The van der Waals surface area contributed by atoms with Crippen molar-refractivity contribution in [3.8, 4) is 5.75 Å². The molecule has 2 aromatic carbocycles. The number of anilines is 1. The van der Waals surface area contributed by atoms with Gasteiger partial charge in [-0.1, -0.05) is 6.07 Å². The first kappa shape index (κ1) is 16.1. The average Bonchev–Trinajstić information content (AvgIpc) is 2.37. The summed E-state index contributed by atoms with van der Waals surface area (Å²) in [5.74, 6) is -1.17. The van der Waals surface area contributed by atoms with Crippen LogP contribution >= 0.6 is 0 Å². The number of hydrogen-bond donors (Lipinski definition) is 1. The van der Waals surface area contributed by atoms with Crippen molar-refractivity contribution in [2.75, 3.05) is 4.72 Å². The third-order valence-electron chi connectivity index (χ3n) is 2.44. The van der Waals surface area contributed by atoms with Gasteiger partial charge in [0.1, 0.15) is 11.6 Å². The molecule has 0 fully saturated rings. The van der Waals surface area contributed by atoms with Crippen LogP contribution in [0.15, 0.2) is 53.4 Å². The van der Waals surface area contributed by atoms with Crippen LogP contribution < -0.4 is 9.46 Å². The minimum atomic E-state index is -4.88. The molecule has 2 aromatic rings. The molecule has 0 amide bonds. The Morgan fingerprint density at radius 3 is 2.23 bits per heavy atom. The highest BCUT2D eigenvalue weighted by atomic mass is 32.2. The quantitative estimate of drug-likeness (QED) is 0.870. The second-order valence-electron chi connectivity index (χ2n) is 4.14. The molecule has 0 aliphatic carbocycles. The largest absolute Gasteiger partial charge is 0.573 e. The van der Waals surface area contributed by atoms with Gasteiger partial charge >= 0.3 is 6.36 Å². The Bertz CT molecular complexity index is 758. The number of nitrogens with one attached hydrogen (secondary N) is 1. The van der Waals surface area contributed by atoms with Gasteiger partial charge in [0.15, 0.2) is 0 Å². The fourth-order valence-electron chi connectivity index (χ4n) is 1.58. The van der Waals surface area contributed by atoms with Gasteiger partial charge in [0.05, 0.1) is 10.6 Å². The van der Waals surface area contributed by atoms with Crippen LogP contribution in [-0.2, 0) is 10.0 Å². The van der Waals surface area contributed by atoms with Gasteiger partial charge in [0.2, 0.25) is 0 Å². The molecule has 1 N–H and O–H groups in total. The summed E-state index contributed by atoms with van der Waals surface area (Å²) in [5, 5.41) is 0. The van der Waals surface area contributed by atoms with E-state index >= 15 is 0 Å². The molecule has 4 nitrogen and oxygen atoms in total. The number of rotatable bonds is 4. The molecule has 22 heavy (non-hydrogen) atoms. The molecule has 0 aromatic heterocycles.